The molecule has 17 heavy (non-hydrogen) atoms. The van der Waals surface area contributed by atoms with Crippen LogP contribution in [-0.4, -0.2) is 18.8 Å². The molecule has 0 saturated carbocycles. The summed E-state index contributed by atoms with van der Waals surface area (Å²) in [5, 5.41) is 4.28. The molecule has 0 aliphatic carbocycles. The summed E-state index contributed by atoms with van der Waals surface area (Å²) in [6, 6.07) is 5.69. The molecule has 0 radical (unpaired) electrons. The smallest absolute Gasteiger partial charge is 0.0688 e. The summed E-state index contributed by atoms with van der Waals surface area (Å²) >= 11 is 6.23. The number of anilines is 2. The predicted octanol–water partition coefficient (Wildman–Crippen LogP) is 2.70. The van der Waals surface area contributed by atoms with E-state index in [4.69, 9.17) is 17.3 Å². The number of benzene rings is 1. The summed E-state index contributed by atoms with van der Waals surface area (Å²) in [5.74, 6) is 0.583. The fourth-order valence-corrected chi connectivity index (χ4v) is 2.43. The third kappa shape index (κ3) is 2.35. The van der Waals surface area contributed by atoms with E-state index >= 15 is 0 Å². The highest BCUT2D eigenvalue weighted by molar-refractivity contribution is 6.33. The maximum Gasteiger partial charge on any atom is 0.0688 e. The highest BCUT2D eigenvalue weighted by atomic mass is 35.5. The SMILES string of the molecule is CC(C)[C@]1(C)CN(c2ccc(N)cc2Cl)CN1. The molecular weight excluding hydrogens is 234 g/mol. The maximum atomic E-state index is 6.23. The Kier molecular flexibility index (Phi) is 3.23. The highest BCUT2D eigenvalue weighted by Gasteiger charge is 2.36. The van der Waals surface area contributed by atoms with Crippen molar-refractivity contribution in [2.75, 3.05) is 23.8 Å². The molecule has 1 saturated heterocycles. The van der Waals surface area contributed by atoms with Gasteiger partial charge in [-0.1, -0.05) is 25.4 Å². The Hall–Kier alpha value is -0.930. The molecule has 1 atom stereocenters. The molecule has 2 rings (SSSR count). The number of hydrogen-bond acceptors (Lipinski definition) is 3. The summed E-state index contributed by atoms with van der Waals surface area (Å²) in [7, 11) is 0. The fraction of sp³-hybridized carbons (Fsp3) is 0.538. The van der Waals surface area contributed by atoms with Gasteiger partial charge in [-0.15, -0.1) is 0 Å². The van der Waals surface area contributed by atoms with Gasteiger partial charge in [0.05, 0.1) is 17.4 Å². The molecule has 0 bridgehead atoms. The molecule has 0 amide bonds. The summed E-state index contributed by atoms with van der Waals surface area (Å²) < 4.78 is 0. The summed E-state index contributed by atoms with van der Waals surface area (Å²) in [6.07, 6.45) is 0. The van der Waals surface area contributed by atoms with Crippen molar-refractivity contribution in [3.05, 3.63) is 23.2 Å². The van der Waals surface area contributed by atoms with Gasteiger partial charge in [-0.25, -0.2) is 0 Å². The quantitative estimate of drug-likeness (QED) is 0.797. The fourth-order valence-electron chi connectivity index (χ4n) is 2.12. The lowest BCUT2D eigenvalue weighted by Crippen LogP contribution is -2.44. The van der Waals surface area contributed by atoms with Crippen LogP contribution in [0.25, 0.3) is 0 Å². The van der Waals surface area contributed by atoms with E-state index in [2.05, 4.69) is 31.0 Å². The molecule has 0 aromatic heterocycles. The standard InChI is InChI=1S/C13H20ClN3/c1-9(2)13(3)7-17(8-16-13)12-5-4-10(15)6-11(12)14/h4-6,9,16H,7-8,15H2,1-3H3/t13-/m0/s1. The minimum Gasteiger partial charge on any atom is -0.399 e. The zero-order valence-electron chi connectivity index (χ0n) is 10.6. The maximum absolute atomic E-state index is 6.23. The van der Waals surface area contributed by atoms with Gasteiger partial charge in [0.1, 0.15) is 0 Å². The average molecular weight is 254 g/mol. The average Bonchev–Trinajstić information content (AvgIpc) is 2.62. The molecule has 94 valence electrons. The van der Waals surface area contributed by atoms with Crippen LogP contribution >= 0.6 is 11.6 Å². The number of nitrogens with zero attached hydrogens (tertiary/aromatic N) is 1. The second-order valence-corrected chi connectivity index (χ2v) is 5.72. The number of nitrogen functional groups attached to an aromatic ring is 1. The Bertz CT molecular complexity index is 419. The van der Waals surface area contributed by atoms with Crippen molar-refractivity contribution >= 4 is 23.0 Å². The molecule has 3 N–H and O–H groups in total. The Morgan fingerprint density at radius 2 is 2.18 bits per heavy atom. The van der Waals surface area contributed by atoms with Gasteiger partial charge >= 0.3 is 0 Å². The first kappa shape index (κ1) is 12.5. The predicted molar refractivity (Wildman–Crippen MR) is 74.5 cm³/mol. The van der Waals surface area contributed by atoms with Crippen molar-refractivity contribution in [3.63, 3.8) is 0 Å². The van der Waals surface area contributed by atoms with E-state index in [9.17, 15) is 0 Å². The minimum atomic E-state index is 0.144. The summed E-state index contributed by atoms with van der Waals surface area (Å²) in [6.45, 7) is 8.53. The van der Waals surface area contributed by atoms with Crippen LogP contribution in [0.5, 0.6) is 0 Å². The molecule has 4 heteroatoms. The molecule has 1 aliphatic heterocycles. The van der Waals surface area contributed by atoms with Crippen LogP contribution in [0.4, 0.5) is 11.4 Å². The number of nitrogens with one attached hydrogen (secondary N) is 1. The van der Waals surface area contributed by atoms with Crippen LogP contribution in [-0.2, 0) is 0 Å². The number of rotatable bonds is 2. The molecule has 1 aromatic carbocycles. The van der Waals surface area contributed by atoms with E-state index in [1.165, 1.54) is 0 Å². The van der Waals surface area contributed by atoms with Gasteiger partial charge in [-0.05, 0) is 31.0 Å². The van der Waals surface area contributed by atoms with Crippen LogP contribution in [0.1, 0.15) is 20.8 Å². The first-order valence-electron chi connectivity index (χ1n) is 5.97. The summed E-state index contributed by atoms with van der Waals surface area (Å²) in [5.41, 5.74) is 7.61. The lowest BCUT2D eigenvalue weighted by atomic mass is 9.89. The van der Waals surface area contributed by atoms with E-state index in [0.717, 1.165) is 23.9 Å². The van der Waals surface area contributed by atoms with E-state index in [1.807, 2.05) is 18.2 Å². The zero-order chi connectivity index (χ0) is 12.6. The van der Waals surface area contributed by atoms with Gasteiger partial charge in [-0.3, -0.25) is 5.32 Å². The molecule has 1 heterocycles. The number of nitrogens with two attached hydrogens (primary N) is 1. The largest absolute Gasteiger partial charge is 0.399 e. The molecule has 1 aromatic rings. The zero-order valence-corrected chi connectivity index (χ0v) is 11.4. The Morgan fingerprint density at radius 3 is 2.71 bits per heavy atom. The molecular formula is C13H20ClN3. The number of hydrogen-bond donors (Lipinski definition) is 2. The van der Waals surface area contributed by atoms with Crippen LogP contribution in [0, 0.1) is 5.92 Å². The van der Waals surface area contributed by atoms with Crippen molar-refractivity contribution in [3.8, 4) is 0 Å². The van der Waals surface area contributed by atoms with Crippen molar-refractivity contribution in [1.29, 1.82) is 0 Å². The van der Waals surface area contributed by atoms with Crippen LogP contribution in [0.3, 0.4) is 0 Å². The van der Waals surface area contributed by atoms with E-state index in [1.54, 1.807) is 0 Å². The normalized spacial score (nSPS) is 24.6. The molecule has 0 unspecified atom stereocenters. The van der Waals surface area contributed by atoms with Gasteiger partial charge in [0.25, 0.3) is 0 Å². The van der Waals surface area contributed by atoms with Gasteiger partial charge < -0.3 is 10.6 Å². The Labute approximate surface area is 108 Å². The van der Waals surface area contributed by atoms with Crippen molar-refractivity contribution in [2.45, 2.75) is 26.3 Å². The van der Waals surface area contributed by atoms with Crippen molar-refractivity contribution in [2.24, 2.45) is 5.92 Å². The van der Waals surface area contributed by atoms with E-state index in [-0.39, 0.29) is 5.54 Å². The van der Waals surface area contributed by atoms with Crippen LogP contribution < -0.4 is 16.0 Å². The Balaban J connectivity index is 2.21. The van der Waals surface area contributed by atoms with Crippen LogP contribution in [0.15, 0.2) is 18.2 Å². The third-order valence-electron chi connectivity index (χ3n) is 3.78. The second kappa shape index (κ2) is 4.39. The minimum absolute atomic E-state index is 0.144. The Morgan fingerprint density at radius 1 is 1.47 bits per heavy atom. The second-order valence-electron chi connectivity index (χ2n) is 5.32. The molecule has 3 nitrogen and oxygen atoms in total. The van der Waals surface area contributed by atoms with E-state index in [0.29, 0.717) is 11.6 Å². The lowest BCUT2D eigenvalue weighted by molar-refractivity contribution is 0.321. The topological polar surface area (TPSA) is 41.3 Å². The van der Waals surface area contributed by atoms with Gasteiger partial charge in [0.2, 0.25) is 0 Å². The summed E-state index contributed by atoms with van der Waals surface area (Å²) in [4.78, 5) is 2.27. The third-order valence-corrected chi connectivity index (χ3v) is 4.08. The van der Waals surface area contributed by atoms with Gasteiger partial charge in [0.15, 0.2) is 0 Å². The van der Waals surface area contributed by atoms with E-state index < -0.39 is 0 Å². The molecule has 0 spiro atoms. The van der Waals surface area contributed by atoms with Crippen molar-refractivity contribution < 1.29 is 0 Å². The van der Waals surface area contributed by atoms with Crippen LogP contribution in [0.2, 0.25) is 5.02 Å². The first-order chi connectivity index (χ1) is 7.92. The molecule has 1 aliphatic rings. The highest BCUT2D eigenvalue weighted by Crippen LogP contribution is 2.32. The lowest BCUT2D eigenvalue weighted by Gasteiger charge is -2.29. The van der Waals surface area contributed by atoms with Crippen molar-refractivity contribution in [1.82, 2.24) is 5.32 Å². The number of halogens is 1. The molecule has 1 fully saturated rings. The van der Waals surface area contributed by atoms with Gasteiger partial charge in [-0.2, -0.15) is 0 Å². The van der Waals surface area contributed by atoms with Gasteiger partial charge in [0, 0.05) is 17.8 Å². The monoisotopic (exact) mass is 253 g/mol. The first-order valence-corrected chi connectivity index (χ1v) is 6.35.